The second-order valence-corrected chi connectivity index (χ2v) is 11.9. The summed E-state index contributed by atoms with van der Waals surface area (Å²) < 4.78 is 17.4. The predicted molar refractivity (Wildman–Crippen MR) is 145 cm³/mol. The van der Waals surface area contributed by atoms with Crippen LogP contribution in [0.15, 0.2) is 35.5 Å². The fraction of sp³-hybridized carbons (Fsp3) is 0.556. The SMILES string of the molecule is Cc1ccc(Nc2ncc(F)c(N[C@@H]3C[C@@H]4CCCN4C(C)(C)C3)n2)cc1-n1cnn(CC(C)(C)O)c1=O. The average Bonchev–Trinajstić information content (AvgIpc) is 3.44. The van der Waals surface area contributed by atoms with Gasteiger partial charge in [-0.05, 0) is 84.5 Å². The molecular weight excluding hydrogens is 487 g/mol. The van der Waals surface area contributed by atoms with Crippen LogP contribution in [0, 0.1) is 12.7 Å². The zero-order chi connectivity index (χ0) is 27.2. The Morgan fingerprint density at radius 2 is 2.08 bits per heavy atom. The van der Waals surface area contributed by atoms with Crippen LogP contribution in [0.25, 0.3) is 5.69 Å². The summed E-state index contributed by atoms with van der Waals surface area (Å²) in [6, 6.07) is 6.16. The van der Waals surface area contributed by atoms with Gasteiger partial charge in [-0.3, -0.25) is 4.90 Å². The molecule has 0 radical (unpaired) electrons. The van der Waals surface area contributed by atoms with Crippen LogP contribution in [-0.4, -0.2) is 64.1 Å². The molecule has 4 heterocycles. The van der Waals surface area contributed by atoms with Crippen molar-refractivity contribution in [2.24, 2.45) is 0 Å². The monoisotopic (exact) mass is 524 g/mol. The second-order valence-electron chi connectivity index (χ2n) is 11.9. The molecule has 2 aromatic heterocycles. The quantitative estimate of drug-likeness (QED) is 0.430. The summed E-state index contributed by atoms with van der Waals surface area (Å²) in [4.78, 5) is 24.1. The van der Waals surface area contributed by atoms with Crippen LogP contribution in [0.5, 0.6) is 0 Å². The lowest BCUT2D eigenvalue weighted by atomic mass is 9.84. The molecule has 0 spiro atoms. The molecule has 2 aliphatic rings. The Morgan fingerprint density at radius 3 is 2.84 bits per heavy atom. The molecule has 0 bridgehead atoms. The molecule has 10 nitrogen and oxygen atoms in total. The number of halogens is 1. The van der Waals surface area contributed by atoms with Crippen molar-refractivity contribution in [3.05, 3.63) is 52.6 Å². The topological polar surface area (TPSA) is 113 Å². The van der Waals surface area contributed by atoms with Crippen LogP contribution < -0.4 is 16.3 Å². The minimum absolute atomic E-state index is 0.0544. The van der Waals surface area contributed by atoms with Gasteiger partial charge in [-0.15, -0.1) is 0 Å². The third-order valence-electron chi connectivity index (χ3n) is 7.54. The van der Waals surface area contributed by atoms with Gasteiger partial charge >= 0.3 is 5.69 Å². The van der Waals surface area contributed by atoms with E-state index in [4.69, 9.17) is 0 Å². The molecule has 3 N–H and O–H groups in total. The number of aliphatic hydroxyl groups is 1. The summed E-state index contributed by atoms with van der Waals surface area (Å²) in [6.45, 7) is 10.9. The number of hydrogen-bond donors (Lipinski definition) is 3. The minimum Gasteiger partial charge on any atom is -0.389 e. The number of piperidine rings is 1. The molecule has 0 saturated carbocycles. The van der Waals surface area contributed by atoms with E-state index in [-0.39, 0.29) is 35.6 Å². The van der Waals surface area contributed by atoms with Crippen LogP contribution >= 0.6 is 0 Å². The molecule has 0 unspecified atom stereocenters. The molecule has 0 amide bonds. The molecule has 204 valence electrons. The van der Waals surface area contributed by atoms with Gasteiger partial charge in [0.1, 0.15) is 6.33 Å². The van der Waals surface area contributed by atoms with Gasteiger partial charge in [-0.25, -0.2) is 23.4 Å². The van der Waals surface area contributed by atoms with Gasteiger partial charge in [-0.1, -0.05) is 6.07 Å². The summed E-state index contributed by atoms with van der Waals surface area (Å²) in [5, 5.41) is 20.7. The standard InChI is InChI=1S/C27H37FN8O2/c1-17-8-9-18(12-22(17)34-16-30-36(25(34)37)15-27(4,5)38)32-24-29-14-21(28)23(33-24)31-19-11-20-7-6-10-35(20)26(2,3)13-19/h8-9,12,14,16,19-20,38H,6-7,10-11,13,15H2,1-5H3,(H2,29,31,32,33)/t19-,20+/m1/s1. The number of nitrogens with zero attached hydrogens (tertiary/aromatic N) is 6. The normalized spacial score (nSPS) is 21.3. The van der Waals surface area contributed by atoms with Crippen LogP contribution in [0.4, 0.5) is 21.8 Å². The van der Waals surface area contributed by atoms with Crippen LogP contribution in [-0.2, 0) is 6.54 Å². The maximum Gasteiger partial charge on any atom is 0.350 e. The number of fused-ring (bicyclic) bond motifs is 1. The van der Waals surface area contributed by atoms with E-state index >= 15 is 0 Å². The van der Waals surface area contributed by atoms with Crippen LogP contribution in [0.1, 0.15) is 58.9 Å². The Labute approximate surface area is 221 Å². The van der Waals surface area contributed by atoms with Crippen molar-refractivity contribution < 1.29 is 9.50 Å². The first kappa shape index (κ1) is 26.3. The molecule has 1 aromatic carbocycles. The Morgan fingerprint density at radius 1 is 1.29 bits per heavy atom. The maximum absolute atomic E-state index is 14.7. The summed E-state index contributed by atoms with van der Waals surface area (Å²) >= 11 is 0. The van der Waals surface area contributed by atoms with Gasteiger partial charge < -0.3 is 15.7 Å². The van der Waals surface area contributed by atoms with Crippen molar-refractivity contribution >= 4 is 17.5 Å². The molecule has 5 rings (SSSR count). The van der Waals surface area contributed by atoms with E-state index in [1.54, 1.807) is 19.9 Å². The van der Waals surface area contributed by atoms with Crippen molar-refractivity contribution in [2.45, 2.75) is 90.1 Å². The lowest BCUT2D eigenvalue weighted by molar-refractivity contribution is 0.0500. The van der Waals surface area contributed by atoms with Crippen molar-refractivity contribution in [1.29, 1.82) is 0 Å². The highest BCUT2D eigenvalue weighted by molar-refractivity contribution is 5.60. The van der Waals surface area contributed by atoms with Crippen molar-refractivity contribution in [3.63, 3.8) is 0 Å². The number of nitrogens with one attached hydrogen (secondary N) is 2. The summed E-state index contributed by atoms with van der Waals surface area (Å²) in [7, 11) is 0. The lowest BCUT2D eigenvalue weighted by Crippen LogP contribution is -2.55. The van der Waals surface area contributed by atoms with Crippen molar-refractivity contribution in [2.75, 3.05) is 17.2 Å². The Bertz CT molecular complexity index is 1380. The van der Waals surface area contributed by atoms with E-state index < -0.39 is 11.4 Å². The first-order valence-corrected chi connectivity index (χ1v) is 13.2. The van der Waals surface area contributed by atoms with E-state index in [2.05, 4.69) is 44.4 Å². The summed E-state index contributed by atoms with van der Waals surface area (Å²) in [5.41, 5.74) is 0.769. The summed E-state index contributed by atoms with van der Waals surface area (Å²) in [5.74, 6) is -0.0462. The lowest BCUT2D eigenvalue weighted by Gasteiger charge is -2.47. The predicted octanol–water partition coefficient (Wildman–Crippen LogP) is 3.60. The largest absolute Gasteiger partial charge is 0.389 e. The molecule has 38 heavy (non-hydrogen) atoms. The average molecular weight is 525 g/mol. The molecule has 2 atom stereocenters. The van der Waals surface area contributed by atoms with Crippen molar-refractivity contribution in [3.8, 4) is 5.69 Å². The van der Waals surface area contributed by atoms with E-state index in [0.717, 1.165) is 24.9 Å². The third-order valence-corrected chi connectivity index (χ3v) is 7.54. The molecule has 2 saturated heterocycles. The molecular formula is C27H37FN8O2. The number of anilines is 3. The first-order chi connectivity index (χ1) is 17.9. The van der Waals surface area contributed by atoms with Gasteiger partial charge in [0.05, 0.1) is 24.0 Å². The first-order valence-electron chi connectivity index (χ1n) is 13.2. The maximum atomic E-state index is 14.7. The number of aromatic nitrogens is 5. The van der Waals surface area contributed by atoms with Gasteiger partial charge in [0.25, 0.3) is 0 Å². The highest BCUT2D eigenvalue weighted by Crippen LogP contribution is 2.38. The fourth-order valence-corrected chi connectivity index (χ4v) is 5.89. The van der Waals surface area contributed by atoms with Gasteiger partial charge in [-0.2, -0.15) is 10.1 Å². The molecule has 11 heteroatoms. The summed E-state index contributed by atoms with van der Waals surface area (Å²) in [6.07, 6.45) is 6.87. The van der Waals surface area contributed by atoms with Crippen molar-refractivity contribution in [1.82, 2.24) is 29.2 Å². The third kappa shape index (κ3) is 5.44. The Kier molecular flexibility index (Phi) is 6.77. The van der Waals surface area contributed by atoms with E-state index in [0.29, 0.717) is 17.4 Å². The Balaban J connectivity index is 1.35. The Hall–Kier alpha value is -3.31. The zero-order valence-electron chi connectivity index (χ0n) is 22.7. The van der Waals surface area contributed by atoms with E-state index in [9.17, 15) is 14.3 Å². The fourth-order valence-electron chi connectivity index (χ4n) is 5.89. The van der Waals surface area contributed by atoms with Gasteiger partial charge in [0.15, 0.2) is 11.6 Å². The highest BCUT2D eigenvalue weighted by Gasteiger charge is 2.43. The highest BCUT2D eigenvalue weighted by atomic mass is 19.1. The molecule has 2 fully saturated rings. The number of benzene rings is 1. The number of hydrogen-bond acceptors (Lipinski definition) is 8. The van der Waals surface area contributed by atoms with Crippen LogP contribution in [0.2, 0.25) is 0 Å². The van der Waals surface area contributed by atoms with E-state index in [1.807, 2.05) is 19.1 Å². The van der Waals surface area contributed by atoms with Crippen LogP contribution in [0.3, 0.4) is 0 Å². The zero-order valence-corrected chi connectivity index (χ0v) is 22.7. The molecule has 0 aliphatic carbocycles. The second kappa shape index (κ2) is 9.77. The minimum atomic E-state index is -1.07. The van der Waals surface area contributed by atoms with Gasteiger partial charge in [0, 0.05) is 23.3 Å². The van der Waals surface area contributed by atoms with E-state index in [1.165, 1.54) is 34.6 Å². The smallest absolute Gasteiger partial charge is 0.350 e. The number of rotatable bonds is 7. The number of aryl methyl sites for hydroxylation is 1. The molecule has 2 aliphatic heterocycles. The van der Waals surface area contributed by atoms with Gasteiger partial charge in [0.2, 0.25) is 5.95 Å². The molecule has 3 aromatic rings.